The maximum atomic E-state index is 10.4. The number of hydrogen-bond acceptors (Lipinski definition) is 4. The zero-order valence-corrected chi connectivity index (χ0v) is 5.70. The number of alkyl carbamates (subject to hydrolysis) is 1. The van der Waals surface area contributed by atoms with E-state index in [2.05, 4.69) is 10.1 Å². The fourth-order valence-electron chi connectivity index (χ4n) is 0.364. The molecule has 0 aliphatic rings. The molecule has 0 saturated carbocycles. The Morgan fingerprint density at radius 1 is 1.70 bits per heavy atom. The Balaban J connectivity index is 3.26. The van der Waals surface area contributed by atoms with Crippen molar-refractivity contribution in [3.8, 4) is 0 Å². The largest absolute Gasteiger partial charge is 0.411 e. The summed E-state index contributed by atoms with van der Waals surface area (Å²) in [6.45, 7) is 0.304. The van der Waals surface area contributed by atoms with Gasteiger partial charge in [-0.1, -0.05) is 6.92 Å². The minimum absolute atomic E-state index is 0.464. The second kappa shape index (κ2) is 5.01. The van der Waals surface area contributed by atoms with Crippen molar-refractivity contribution in [2.75, 3.05) is 6.54 Å². The molecule has 0 aromatic rings. The number of ether oxygens (including phenoxy) is 1. The summed E-state index contributed by atoms with van der Waals surface area (Å²) in [6.07, 6.45) is -0.0479. The van der Waals surface area contributed by atoms with Crippen molar-refractivity contribution in [2.45, 2.75) is 19.8 Å². The second-order valence-corrected chi connectivity index (χ2v) is 1.66. The van der Waals surface area contributed by atoms with Crippen LogP contribution >= 0.6 is 0 Å². The molecule has 0 aromatic carbocycles. The third-order valence-corrected chi connectivity index (χ3v) is 0.732. The molecule has 0 heterocycles. The lowest BCUT2D eigenvalue weighted by molar-refractivity contribution is -0.198. The van der Waals surface area contributed by atoms with Crippen molar-refractivity contribution >= 4 is 6.09 Å². The Kier molecular flexibility index (Phi) is 4.61. The minimum Gasteiger partial charge on any atom is -0.394 e. The zero-order valence-electron chi connectivity index (χ0n) is 5.70. The fraction of sp³-hybridized carbons (Fsp3) is 0.800. The Morgan fingerprint density at radius 3 is 2.70 bits per heavy atom. The van der Waals surface area contributed by atoms with Crippen LogP contribution in [0.1, 0.15) is 13.3 Å². The highest BCUT2D eigenvalue weighted by molar-refractivity contribution is 5.66. The number of hydrogen-bond donors (Lipinski definition) is 3. The average molecular weight is 149 g/mol. The van der Waals surface area contributed by atoms with Crippen molar-refractivity contribution in [1.82, 2.24) is 5.32 Å². The number of carbonyl (C=O) groups excluding carboxylic acids is 1. The Hall–Kier alpha value is -0.810. The van der Waals surface area contributed by atoms with E-state index in [1.54, 1.807) is 0 Å². The summed E-state index contributed by atoms with van der Waals surface area (Å²) in [5.41, 5.74) is 0. The van der Waals surface area contributed by atoms with Gasteiger partial charge in [0, 0.05) is 6.54 Å². The Morgan fingerprint density at radius 2 is 2.30 bits per heavy atom. The van der Waals surface area contributed by atoms with Gasteiger partial charge < -0.3 is 20.3 Å². The maximum absolute atomic E-state index is 10.4. The predicted octanol–water partition coefficient (Wildman–Crippen LogP) is -0.609. The molecule has 0 spiro atoms. The van der Waals surface area contributed by atoms with Crippen LogP contribution < -0.4 is 5.32 Å². The van der Waals surface area contributed by atoms with Gasteiger partial charge in [0.05, 0.1) is 0 Å². The van der Waals surface area contributed by atoms with Gasteiger partial charge in [0.2, 0.25) is 0 Å². The first-order valence-electron chi connectivity index (χ1n) is 2.97. The van der Waals surface area contributed by atoms with E-state index in [0.717, 1.165) is 6.42 Å². The standard InChI is InChI=1S/C5H11NO4/c1-2-3-6-4(7)10-5(8)9/h5,8-9H,2-3H2,1H3,(H,6,7). The van der Waals surface area contributed by atoms with Crippen molar-refractivity contribution in [2.24, 2.45) is 0 Å². The summed E-state index contributed by atoms with van der Waals surface area (Å²) < 4.78 is 3.91. The van der Waals surface area contributed by atoms with Gasteiger partial charge in [0.1, 0.15) is 0 Å². The number of carbonyl (C=O) groups is 1. The topological polar surface area (TPSA) is 78.8 Å². The van der Waals surface area contributed by atoms with E-state index in [1.807, 2.05) is 6.92 Å². The summed E-state index contributed by atoms with van der Waals surface area (Å²) >= 11 is 0. The molecule has 0 aromatic heterocycles. The van der Waals surface area contributed by atoms with Crippen molar-refractivity contribution in [3.05, 3.63) is 0 Å². The summed E-state index contributed by atoms with van der Waals surface area (Å²) in [5, 5.41) is 18.5. The van der Waals surface area contributed by atoms with Crippen LogP contribution in [0, 0.1) is 0 Å². The van der Waals surface area contributed by atoms with E-state index in [0.29, 0.717) is 6.54 Å². The zero-order chi connectivity index (χ0) is 7.98. The lowest BCUT2D eigenvalue weighted by Gasteiger charge is -2.05. The van der Waals surface area contributed by atoms with E-state index < -0.39 is 12.6 Å². The molecule has 1 amide bonds. The molecule has 0 saturated heterocycles. The number of nitrogens with one attached hydrogen (secondary N) is 1. The van der Waals surface area contributed by atoms with E-state index >= 15 is 0 Å². The van der Waals surface area contributed by atoms with Gasteiger partial charge in [-0.05, 0) is 6.42 Å². The van der Waals surface area contributed by atoms with E-state index in [4.69, 9.17) is 10.2 Å². The summed E-state index contributed by atoms with van der Waals surface area (Å²) in [5.74, 6) is 0. The molecule has 3 N–H and O–H groups in total. The fourth-order valence-corrected chi connectivity index (χ4v) is 0.364. The molecule has 0 aliphatic carbocycles. The first-order chi connectivity index (χ1) is 4.66. The highest BCUT2D eigenvalue weighted by Crippen LogP contribution is 1.81. The number of amides is 1. The molecular formula is C5H11NO4. The average Bonchev–Trinajstić information content (AvgIpc) is 1.82. The van der Waals surface area contributed by atoms with E-state index in [-0.39, 0.29) is 0 Å². The molecular weight excluding hydrogens is 138 g/mol. The molecule has 0 bridgehead atoms. The quantitative estimate of drug-likeness (QED) is 0.468. The molecule has 0 aliphatic heterocycles. The van der Waals surface area contributed by atoms with Crippen LogP contribution in [0.15, 0.2) is 0 Å². The van der Waals surface area contributed by atoms with Gasteiger partial charge in [0.15, 0.2) is 0 Å². The molecule has 0 atom stereocenters. The smallest absolute Gasteiger partial charge is 0.394 e. The third kappa shape index (κ3) is 5.33. The number of aliphatic hydroxyl groups excluding tert-OH is 1. The number of aliphatic hydroxyl groups is 2. The summed E-state index contributed by atoms with van der Waals surface area (Å²) in [4.78, 5) is 10.4. The van der Waals surface area contributed by atoms with Gasteiger partial charge in [-0.3, -0.25) is 0 Å². The van der Waals surface area contributed by atoms with Crippen molar-refractivity contribution in [1.29, 1.82) is 0 Å². The molecule has 0 unspecified atom stereocenters. The first kappa shape index (κ1) is 9.19. The molecule has 5 heteroatoms. The van der Waals surface area contributed by atoms with Crippen molar-refractivity contribution < 1.29 is 19.7 Å². The van der Waals surface area contributed by atoms with Crippen molar-refractivity contribution in [3.63, 3.8) is 0 Å². The summed E-state index contributed by atoms with van der Waals surface area (Å²) in [6, 6.07) is 0. The first-order valence-corrected chi connectivity index (χ1v) is 2.97. The predicted molar refractivity (Wildman–Crippen MR) is 33.0 cm³/mol. The van der Waals surface area contributed by atoms with Gasteiger partial charge in [-0.15, -0.1) is 0 Å². The van der Waals surface area contributed by atoms with Crippen LogP contribution in [0.5, 0.6) is 0 Å². The Labute approximate surface area is 58.6 Å². The van der Waals surface area contributed by atoms with Gasteiger partial charge in [-0.25, -0.2) is 4.79 Å². The SMILES string of the molecule is CCCNC(=O)OC(O)O. The highest BCUT2D eigenvalue weighted by atomic mass is 16.8. The van der Waals surface area contributed by atoms with Crippen LogP contribution in [-0.2, 0) is 4.74 Å². The lowest BCUT2D eigenvalue weighted by Crippen LogP contribution is -2.29. The van der Waals surface area contributed by atoms with Gasteiger partial charge in [0.25, 0.3) is 0 Å². The second-order valence-electron chi connectivity index (χ2n) is 1.66. The third-order valence-electron chi connectivity index (χ3n) is 0.732. The Bertz CT molecular complexity index is 104. The van der Waals surface area contributed by atoms with Crippen LogP contribution in [0.25, 0.3) is 0 Å². The van der Waals surface area contributed by atoms with E-state index in [9.17, 15) is 4.79 Å². The van der Waals surface area contributed by atoms with Crippen LogP contribution in [0.3, 0.4) is 0 Å². The molecule has 0 fully saturated rings. The van der Waals surface area contributed by atoms with Crippen LogP contribution in [0.2, 0.25) is 0 Å². The van der Waals surface area contributed by atoms with Gasteiger partial charge >= 0.3 is 12.6 Å². The molecule has 10 heavy (non-hydrogen) atoms. The van der Waals surface area contributed by atoms with Gasteiger partial charge in [-0.2, -0.15) is 0 Å². The molecule has 0 radical (unpaired) electrons. The summed E-state index contributed by atoms with van der Waals surface area (Å²) in [7, 11) is 0. The van der Waals surface area contributed by atoms with Crippen LogP contribution in [-0.4, -0.2) is 29.3 Å². The molecule has 0 rings (SSSR count). The van der Waals surface area contributed by atoms with E-state index in [1.165, 1.54) is 0 Å². The maximum Gasteiger partial charge on any atom is 0.411 e. The highest BCUT2D eigenvalue weighted by Gasteiger charge is 2.04. The lowest BCUT2D eigenvalue weighted by atomic mass is 10.5. The molecule has 60 valence electrons. The van der Waals surface area contributed by atoms with Crippen LogP contribution in [0.4, 0.5) is 4.79 Å². The minimum atomic E-state index is -2.03. The monoisotopic (exact) mass is 149 g/mol. The normalized spacial score (nSPS) is 9.60. The molecule has 5 nitrogen and oxygen atoms in total. The number of rotatable bonds is 3.